The predicted molar refractivity (Wildman–Crippen MR) is 87.6 cm³/mol. The summed E-state index contributed by atoms with van der Waals surface area (Å²) in [5, 5.41) is 4.11. The number of aryl methyl sites for hydroxylation is 1. The molecule has 0 bridgehead atoms. The quantitative estimate of drug-likeness (QED) is 0.652. The van der Waals surface area contributed by atoms with Crippen LogP contribution in [0.2, 0.25) is 0 Å². The number of ether oxygens (including phenoxy) is 1. The Labute approximate surface area is 128 Å². The van der Waals surface area contributed by atoms with Crippen molar-refractivity contribution in [2.75, 3.05) is 7.11 Å². The Hall–Kier alpha value is -2.13. The van der Waals surface area contributed by atoms with Gasteiger partial charge in [0, 0.05) is 5.56 Å². The summed E-state index contributed by atoms with van der Waals surface area (Å²) in [5.74, 6) is 0.938. The number of hydrogen-bond acceptors (Lipinski definition) is 3. The SMILES string of the molecule is CCc1ccsc1C(=O)c1ccc2cc(OC)ccc2c1. The first-order chi connectivity index (χ1) is 10.2. The number of rotatable bonds is 4. The summed E-state index contributed by atoms with van der Waals surface area (Å²) in [6.45, 7) is 2.07. The van der Waals surface area contributed by atoms with Crippen molar-refractivity contribution < 1.29 is 9.53 Å². The third kappa shape index (κ3) is 2.57. The fourth-order valence-corrected chi connectivity index (χ4v) is 3.39. The molecule has 3 aromatic rings. The van der Waals surface area contributed by atoms with Gasteiger partial charge in [0.05, 0.1) is 12.0 Å². The fraction of sp³-hybridized carbons (Fsp3) is 0.167. The Morgan fingerprint density at radius 1 is 1.10 bits per heavy atom. The zero-order chi connectivity index (χ0) is 14.8. The summed E-state index contributed by atoms with van der Waals surface area (Å²) in [4.78, 5) is 13.5. The van der Waals surface area contributed by atoms with Gasteiger partial charge in [0.2, 0.25) is 5.78 Å². The van der Waals surface area contributed by atoms with Gasteiger partial charge in [-0.15, -0.1) is 11.3 Å². The molecule has 0 radical (unpaired) electrons. The molecule has 2 nitrogen and oxygen atoms in total. The molecule has 0 saturated heterocycles. The van der Waals surface area contributed by atoms with Gasteiger partial charge >= 0.3 is 0 Å². The highest BCUT2D eigenvalue weighted by Crippen LogP contribution is 2.25. The number of thiophene rings is 1. The minimum atomic E-state index is 0.111. The third-order valence-corrected chi connectivity index (χ3v) is 4.60. The molecular formula is C18H16O2S. The van der Waals surface area contributed by atoms with Crippen LogP contribution >= 0.6 is 11.3 Å². The normalized spacial score (nSPS) is 10.8. The lowest BCUT2D eigenvalue weighted by Gasteiger charge is -2.05. The first kappa shape index (κ1) is 13.8. The topological polar surface area (TPSA) is 26.3 Å². The maximum absolute atomic E-state index is 12.6. The van der Waals surface area contributed by atoms with Crippen molar-refractivity contribution in [3.05, 3.63) is 63.8 Å². The molecule has 0 spiro atoms. The van der Waals surface area contributed by atoms with Crippen molar-refractivity contribution >= 4 is 27.9 Å². The first-order valence-electron chi connectivity index (χ1n) is 6.92. The molecule has 0 atom stereocenters. The molecular weight excluding hydrogens is 280 g/mol. The van der Waals surface area contributed by atoms with Crippen molar-refractivity contribution in [2.24, 2.45) is 0 Å². The first-order valence-corrected chi connectivity index (χ1v) is 7.79. The van der Waals surface area contributed by atoms with Crippen molar-refractivity contribution in [1.82, 2.24) is 0 Å². The van der Waals surface area contributed by atoms with Gasteiger partial charge in [-0.2, -0.15) is 0 Å². The highest BCUT2D eigenvalue weighted by Gasteiger charge is 2.14. The molecule has 0 fully saturated rings. The molecule has 0 aliphatic rings. The molecule has 0 unspecified atom stereocenters. The second-order valence-corrected chi connectivity index (χ2v) is 5.80. The van der Waals surface area contributed by atoms with Gasteiger partial charge < -0.3 is 4.74 Å². The Morgan fingerprint density at radius 3 is 2.62 bits per heavy atom. The molecule has 2 aromatic carbocycles. The molecule has 106 valence electrons. The van der Waals surface area contributed by atoms with Crippen molar-refractivity contribution in [2.45, 2.75) is 13.3 Å². The van der Waals surface area contributed by atoms with Crippen molar-refractivity contribution in [3.8, 4) is 5.75 Å². The lowest BCUT2D eigenvalue weighted by Crippen LogP contribution is -2.01. The Morgan fingerprint density at radius 2 is 1.86 bits per heavy atom. The zero-order valence-corrected chi connectivity index (χ0v) is 12.9. The monoisotopic (exact) mass is 296 g/mol. The summed E-state index contributed by atoms with van der Waals surface area (Å²) in [6, 6.07) is 13.7. The molecule has 1 heterocycles. The van der Waals surface area contributed by atoms with E-state index in [9.17, 15) is 4.79 Å². The zero-order valence-electron chi connectivity index (χ0n) is 12.1. The minimum Gasteiger partial charge on any atom is -0.497 e. The Kier molecular flexibility index (Phi) is 3.76. The smallest absolute Gasteiger partial charge is 0.203 e. The van der Waals surface area contributed by atoms with Crippen LogP contribution in [0.4, 0.5) is 0 Å². The maximum atomic E-state index is 12.6. The minimum absolute atomic E-state index is 0.111. The van der Waals surface area contributed by atoms with Crippen molar-refractivity contribution in [3.63, 3.8) is 0 Å². The van der Waals surface area contributed by atoms with E-state index in [0.717, 1.165) is 38.9 Å². The molecule has 0 aliphatic carbocycles. The number of methoxy groups -OCH3 is 1. The largest absolute Gasteiger partial charge is 0.497 e. The van der Waals surface area contributed by atoms with Gasteiger partial charge in [-0.05, 0) is 52.4 Å². The van der Waals surface area contributed by atoms with E-state index in [1.165, 1.54) is 11.3 Å². The molecule has 1 aromatic heterocycles. The number of ketones is 1. The number of benzene rings is 2. The second-order valence-electron chi connectivity index (χ2n) is 4.89. The maximum Gasteiger partial charge on any atom is 0.203 e. The molecule has 0 N–H and O–H groups in total. The van der Waals surface area contributed by atoms with E-state index in [1.807, 2.05) is 47.8 Å². The van der Waals surface area contributed by atoms with Gasteiger partial charge in [0.15, 0.2) is 0 Å². The van der Waals surface area contributed by atoms with E-state index in [1.54, 1.807) is 7.11 Å². The summed E-state index contributed by atoms with van der Waals surface area (Å²) in [5.41, 5.74) is 1.87. The molecule has 21 heavy (non-hydrogen) atoms. The van der Waals surface area contributed by atoms with Crippen LogP contribution in [0.3, 0.4) is 0 Å². The summed E-state index contributed by atoms with van der Waals surface area (Å²) in [6.07, 6.45) is 0.884. The van der Waals surface area contributed by atoms with E-state index in [-0.39, 0.29) is 5.78 Å². The summed E-state index contributed by atoms with van der Waals surface area (Å²) < 4.78 is 5.22. The third-order valence-electron chi connectivity index (χ3n) is 3.64. The van der Waals surface area contributed by atoms with Gasteiger partial charge in [-0.3, -0.25) is 4.79 Å². The fourth-order valence-electron chi connectivity index (χ4n) is 2.44. The highest BCUT2D eigenvalue weighted by atomic mass is 32.1. The van der Waals surface area contributed by atoms with E-state index in [0.29, 0.717) is 0 Å². The van der Waals surface area contributed by atoms with E-state index in [4.69, 9.17) is 4.74 Å². The van der Waals surface area contributed by atoms with E-state index < -0.39 is 0 Å². The van der Waals surface area contributed by atoms with Crippen LogP contribution in [-0.2, 0) is 6.42 Å². The van der Waals surface area contributed by atoms with Gasteiger partial charge in [-0.25, -0.2) is 0 Å². The van der Waals surface area contributed by atoms with Crippen LogP contribution in [0.5, 0.6) is 5.75 Å². The van der Waals surface area contributed by atoms with E-state index in [2.05, 4.69) is 6.92 Å². The standard InChI is InChI=1S/C18H16O2S/c1-3-12-8-9-21-18(12)17(19)15-5-4-14-11-16(20-2)7-6-13(14)10-15/h4-11H,3H2,1-2H3. The summed E-state index contributed by atoms with van der Waals surface area (Å²) >= 11 is 1.52. The second kappa shape index (κ2) is 5.70. The van der Waals surface area contributed by atoms with E-state index >= 15 is 0 Å². The number of carbonyl (C=O) groups excluding carboxylic acids is 1. The average molecular weight is 296 g/mol. The lowest BCUT2D eigenvalue weighted by atomic mass is 10.0. The summed E-state index contributed by atoms with van der Waals surface area (Å²) in [7, 11) is 1.65. The van der Waals surface area contributed by atoms with Gasteiger partial charge in [0.25, 0.3) is 0 Å². The van der Waals surface area contributed by atoms with Crippen LogP contribution in [0.25, 0.3) is 10.8 Å². The highest BCUT2D eigenvalue weighted by molar-refractivity contribution is 7.12. The molecule has 3 heteroatoms. The van der Waals surface area contributed by atoms with Gasteiger partial charge in [0.1, 0.15) is 5.75 Å². The molecule has 0 saturated carbocycles. The van der Waals surface area contributed by atoms with Crippen LogP contribution in [0.15, 0.2) is 47.8 Å². The Balaban J connectivity index is 2.03. The van der Waals surface area contributed by atoms with Crippen LogP contribution in [0, 0.1) is 0 Å². The Bertz CT molecular complexity index is 802. The molecule has 3 rings (SSSR count). The van der Waals surface area contributed by atoms with Crippen molar-refractivity contribution in [1.29, 1.82) is 0 Å². The molecule has 0 aliphatic heterocycles. The average Bonchev–Trinajstić information content (AvgIpc) is 3.01. The van der Waals surface area contributed by atoms with Gasteiger partial charge in [-0.1, -0.05) is 25.1 Å². The number of hydrogen-bond donors (Lipinski definition) is 0. The van der Waals surface area contributed by atoms with Crippen LogP contribution in [0.1, 0.15) is 27.7 Å². The van der Waals surface area contributed by atoms with Crippen LogP contribution < -0.4 is 4.74 Å². The lowest BCUT2D eigenvalue weighted by molar-refractivity contribution is 0.104. The molecule has 0 amide bonds. The number of fused-ring (bicyclic) bond motifs is 1. The van der Waals surface area contributed by atoms with Crippen LogP contribution in [-0.4, -0.2) is 12.9 Å². The number of carbonyl (C=O) groups is 1. The predicted octanol–water partition coefficient (Wildman–Crippen LogP) is 4.70.